The number of aromatic nitrogens is 2. The van der Waals surface area contributed by atoms with Crippen LogP contribution in [0.1, 0.15) is 38.4 Å². The first kappa shape index (κ1) is 21.8. The molecule has 2 aliphatic heterocycles. The van der Waals surface area contributed by atoms with E-state index in [0.29, 0.717) is 37.7 Å². The van der Waals surface area contributed by atoms with Gasteiger partial charge in [0.25, 0.3) is 15.9 Å². The fourth-order valence-corrected chi connectivity index (χ4v) is 5.37. The first-order chi connectivity index (χ1) is 13.7. The number of likely N-dealkylation sites (tertiary alicyclic amines) is 1. The molecule has 2 aliphatic rings. The molecule has 2 saturated heterocycles. The molecule has 1 amide bonds. The summed E-state index contributed by atoms with van der Waals surface area (Å²) in [4.78, 5) is 30.5. The van der Waals surface area contributed by atoms with E-state index in [1.165, 1.54) is 10.5 Å². The highest BCUT2D eigenvalue weighted by Crippen LogP contribution is 2.24. The molecule has 0 radical (unpaired) electrons. The average molecular weight is 427 g/mol. The third-order valence-corrected chi connectivity index (χ3v) is 7.60. The zero-order valence-corrected chi connectivity index (χ0v) is 18.2. The minimum absolute atomic E-state index is 0.0277. The quantitative estimate of drug-likeness (QED) is 0.649. The topological polar surface area (TPSA) is 102 Å². The lowest BCUT2D eigenvalue weighted by Gasteiger charge is -2.31. The van der Waals surface area contributed by atoms with Gasteiger partial charge < -0.3 is 14.2 Å². The lowest BCUT2D eigenvalue weighted by molar-refractivity contribution is -0.157. The second kappa shape index (κ2) is 8.83. The molecule has 1 atom stereocenters. The average Bonchev–Trinajstić information content (AvgIpc) is 3.05. The molecule has 0 saturated carbocycles. The van der Waals surface area contributed by atoms with Gasteiger partial charge in [0.15, 0.2) is 11.6 Å². The van der Waals surface area contributed by atoms with Crippen LogP contribution in [0, 0.1) is 18.8 Å². The maximum absolute atomic E-state index is 12.7. The molecular formula is C19H30N4O5S. The van der Waals surface area contributed by atoms with Crippen LogP contribution in [0.2, 0.25) is 0 Å². The largest absolute Gasteiger partial charge is 0.455 e. The van der Waals surface area contributed by atoms with Gasteiger partial charge in [-0.25, -0.2) is 13.4 Å². The second-order valence-electron chi connectivity index (χ2n) is 8.11. The monoisotopic (exact) mass is 426 g/mol. The van der Waals surface area contributed by atoms with Gasteiger partial charge in [0.1, 0.15) is 5.82 Å². The molecule has 3 heterocycles. The number of piperidine rings is 2. The molecule has 1 aromatic heterocycles. The summed E-state index contributed by atoms with van der Waals surface area (Å²) >= 11 is 0. The number of sulfonamides is 1. The number of nitrogens with zero attached hydrogens (tertiary/aromatic N) is 4. The Kier molecular flexibility index (Phi) is 6.62. The van der Waals surface area contributed by atoms with Crippen LogP contribution in [0.3, 0.4) is 0 Å². The van der Waals surface area contributed by atoms with E-state index in [0.717, 1.165) is 12.8 Å². The van der Waals surface area contributed by atoms with Crippen molar-refractivity contribution in [2.24, 2.45) is 18.9 Å². The maximum Gasteiger partial charge on any atom is 0.309 e. The predicted molar refractivity (Wildman–Crippen MR) is 105 cm³/mol. The van der Waals surface area contributed by atoms with Crippen LogP contribution in [0.15, 0.2) is 11.2 Å². The van der Waals surface area contributed by atoms with E-state index in [2.05, 4.69) is 11.9 Å². The zero-order valence-electron chi connectivity index (χ0n) is 17.3. The van der Waals surface area contributed by atoms with E-state index in [9.17, 15) is 18.0 Å². The molecule has 10 heteroatoms. The van der Waals surface area contributed by atoms with Crippen LogP contribution < -0.4 is 0 Å². The smallest absolute Gasteiger partial charge is 0.309 e. The Morgan fingerprint density at radius 1 is 1.21 bits per heavy atom. The first-order valence-corrected chi connectivity index (χ1v) is 11.6. The third-order valence-electron chi connectivity index (χ3n) is 5.83. The molecule has 0 aliphatic carbocycles. The molecule has 1 unspecified atom stereocenters. The van der Waals surface area contributed by atoms with Crippen molar-refractivity contribution in [2.45, 2.75) is 44.6 Å². The molecule has 162 valence electrons. The van der Waals surface area contributed by atoms with Gasteiger partial charge in [-0.1, -0.05) is 6.92 Å². The Morgan fingerprint density at radius 3 is 2.48 bits per heavy atom. The summed E-state index contributed by atoms with van der Waals surface area (Å²) in [6, 6.07) is 0. The number of imidazole rings is 1. The van der Waals surface area contributed by atoms with Gasteiger partial charge in [0.05, 0.1) is 5.92 Å². The van der Waals surface area contributed by atoms with Crippen LogP contribution in [-0.2, 0) is 31.4 Å². The molecule has 9 nitrogen and oxygen atoms in total. The highest BCUT2D eigenvalue weighted by molar-refractivity contribution is 7.89. The SMILES string of the molecule is Cc1nc(S(=O)(=O)N2CCC(C(=O)OCC(=O)N3CCCC(C)C3)CC2)cn1C. The lowest BCUT2D eigenvalue weighted by Crippen LogP contribution is -2.43. The van der Waals surface area contributed by atoms with Crippen LogP contribution >= 0.6 is 0 Å². The summed E-state index contributed by atoms with van der Waals surface area (Å²) in [6.45, 7) is 5.50. The van der Waals surface area contributed by atoms with Crippen LogP contribution in [0.25, 0.3) is 0 Å². The van der Waals surface area contributed by atoms with E-state index in [-0.39, 0.29) is 36.5 Å². The van der Waals surface area contributed by atoms with Crippen molar-refractivity contribution in [2.75, 3.05) is 32.8 Å². The molecular weight excluding hydrogens is 396 g/mol. The molecule has 1 aromatic rings. The van der Waals surface area contributed by atoms with Crippen molar-refractivity contribution in [3.63, 3.8) is 0 Å². The Morgan fingerprint density at radius 2 is 1.90 bits per heavy atom. The number of amides is 1. The summed E-state index contributed by atoms with van der Waals surface area (Å²) in [6.07, 6.45) is 4.34. The molecule has 0 bridgehead atoms. The van der Waals surface area contributed by atoms with Crippen LogP contribution in [0.4, 0.5) is 0 Å². The Hall–Kier alpha value is -1.94. The fourth-order valence-electron chi connectivity index (χ4n) is 3.87. The summed E-state index contributed by atoms with van der Waals surface area (Å²) in [5.74, 6) is 0.122. The van der Waals surface area contributed by atoms with Crippen molar-refractivity contribution in [1.29, 1.82) is 0 Å². The van der Waals surface area contributed by atoms with Gasteiger partial charge in [-0.15, -0.1) is 0 Å². The van der Waals surface area contributed by atoms with Gasteiger partial charge in [-0.05, 0) is 38.5 Å². The molecule has 29 heavy (non-hydrogen) atoms. The number of aryl methyl sites for hydroxylation is 2. The lowest BCUT2D eigenvalue weighted by atomic mass is 9.98. The summed E-state index contributed by atoms with van der Waals surface area (Å²) in [5.41, 5.74) is 0. The van der Waals surface area contributed by atoms with Crippen molar-refractivity contribution >= 4 is 21.9 Å². The molecule has 0 spiro atoms. The number of carbonyl (C=O) groups excluding carboxylic acids is 2. The van der Waals surface area contributed by atoms with Crippen LogP contribution in [0.5, 0.6) is 0 Å². The van der Waals surface area contributed by atoms with E-state index in [1.807, 2.05) is 0 Å². The normalized spacial score (nSPS) is 21.9. The first-order valence-electron chi connectivity index (χ1n) is 10.1. The van der Waals surface area contributed by atoms with E-state index < -0.39 is 16.0 Å². The fraction of sp³-hybridized carbons (Fsp3) is 0.737. The Labute approximate surface area is 172 Å². The number of rotatable bonds is 5. The van der Waals surface area contributed by atoms with Crippen molar-refractivity contribution in [3.8, 4) is 0 Å². The number of carbonyl (C=O) groups is 2. The highest BCUT2D eigenvalue weighted by Gasteiger charge is 2.34. The minimum Gasteiger partial charge on any atom is -0.455 e. The predicted octanol–water partition coefficient (Wildman–Crippen LogP) is 0.931. The van der Waals surface area contributed by atoms with Crippen molar-refractivity contribution in [1.82, 2.24) is 18.8 Å². The van der Waals surface area contributed by atoms with Crippen molar-refractivity contribution < 1.29 is 22.7 Å². The van der Waals surface area contributed by atoms with Crippen molar-refractivity contribution in [3.05, 3.63) is 12.0 Å². The van der Waals surface area contributed by atoms with Gasteiger partial charge in [0.2, 0.25) is 0 Å². The number of ether oxygens (including phenoxy) is 1. The van der Waals surface area contributed by atoms with E-state index >= 15 is 0 Å². The number of hydrogen-bond acceptors (Lipinski definition) is 6. The van der Waals surface area contributed by atoms with Gasteiger partial charge in [0, 0.05) is 39.4 Å². The number of esters is 1. The molecule has 0 N–H and O–H groups in total. The standard InChI is InChI=1S/C19H30N4O5S/c1-14-5-4-8-22(11-14)18(24)13-28-19(25)16-6-9-23(10-7-16)29(26,27)17-12-21(3)15(2)20-17/h12,14,16H,4-11,13H2,1-3H3. The van der Waals surface area contributed by atoms with Crippen LogP contribution in [-0.4, -0.2) is 71.8 Å². The van der Waals surface area contributed by atoms with E-state index in [1.54, 1.807) is 23.4 Å². The Bertz CT molecular complexity index is 838. The third kappa shape index (κ3) is 4.98. The molecule has 3 rings (SSSR count). The Balaban J connectivity index is 1.48. The summed E-state index contributed by atoms with van der Waals surface area (Å²) < 4.78 is 33.7. The second-order valence-corrected chi connectivity index (χ2v) is 10.00. The maximum atomic E-state index is 12.7. The van der Waals surface area contributed by atoms with Gasteiger partial charge >= 0.3 is 5.97 Å². The highest BCUT2D eigenvalue weighted by atomic mass is 32.2. The summed E-state index contributed by atoms with van der Waals surface area (Å²) in [5, 5.41) is 0.0277. The van der Waals surface area contributed by atoms with E-state index in [4.69, 9.17) is 4.74 Å². The zero-order chi connectivity index (χ0) is 21.2. The molecule has 2 fully saturated rings. The van der Waals surface area contributed by atoms with Gasteiger partial charge in [-0.2, -0.15) is 4.31 Å². The number of hydrogen-bond donors (Lipinski definition) is 0. The minimum atomic E-state index is -3.67. The van der Waals surface area contributed by atoms with Gasteiger partial charge in [-0.3, -0.25) is 9.59 Å². The summed E-state index contributed by atoms with van der Waals surface area (Å²) in [7, 11) is -1.92. The molecule has 0 aromatic carbocycles.